The average molecular weight is 539 g/mol. The van der Waals surface area contributed by atoms with E-state index in [2.05, 4.69) is 21.0 Å². The number of rotatable bonds is 4. The summed E-state index contributed by atoms with van der Waals surface area (Å²) >= 11 is 9.85. The summed E-state index contributed by atoms with van der Waals surface area (Å²) in [5.41, 5.74) is 4.18. The van der Waals surface area contributed by atoms with Crippen molar-refractivity contribution in [3.63, 3.8) is 0 Å². The molecule has 7 heteroatoms. The molecule has 1 aliphatic rings. The van der Waals surface area contributed by atoms with Crippen LogP contribution in [0, 0.1) is 0 Å². The lowest BCUT2D eigenvalue weighted by Crippen LogP contribution is -2.46. The Labute approximate surface area is 212 Å². The molecule has 0 spiro atoms. The first kappa shape index (κ1) is 23.1. The third-order valence-electron chi connectivity index (χ3n) is 6.26. The Morgan fingerprint density at radius 2 is 1.74 bits per heavy atom. The van der Waals surface area contributed by atoms with Crippen LogP contribution in [0.4, 0.5) is 0 Å². The van der Waals surface area contributed by atoms with Gasteiger partial charge in [-0.15, -0.1) is 0 Å². The SMILES string of the molecule is CC(C)(C)OC(=O)C1(c2ccc(-c3nc4c(Br)cc(Cl)nn4c3-c3ccccc3)cc2)CCC1. The minimum atomic E-state index is -0.564. The molecule has 0 unspecified atom stereocenters. The van der Waals surface area contributed by atoms with Crippen LogP contribution in [0.3, 0.4) is 0 Å². The fourth-order valence-corrected chi connectivity index (χ4v) is 5.27. The molecule has 2 aromatic heterocycles. The van der Waals surface area contributed by atoms with Crippen molar-refractivity contribution in [2.24, 2.45) is 0 Å². The molecule has 5 nitrogen and oxygen atoms in total. The molecule has 1 aliphatic carbocycles. The number of aromatic nitrogens is 3. The van der Waals surface area contributed by atoms with Gasteiger partial charge in [0.15, 0.2) is 10.8 Å². The summed E-state index contributed by atoms with van der Waals surface area (Å²) in [5, 5.41) is 4.90. The number of benzene rings is 2. The zero-order valence-corrected chi connectivity index (χ0v) is 21.7. The summed E-state index contributed by atoms with van der Waals surface area (Å²) in [6, 6.07) is 19.9. The summed E-state index contributed by atoms with van der Waals surface area (Å²) in [5.74, 6) is -0.139. The summed E-state index contributed by atoms with van der Waals surface area (Å²) < 4.78 is 8.32. The van der Waals surface area contributed by atoms with E-state index in [1.54, 1.807) is 10.6 Å². The van der Waals surface area contributed by atoms with Crippen molar-refractivity contribution >= 4 is 39.1 Å². The molecule has 0 saturated heterocycles. The molecule has 2 aromatic carbocycles. The molecule has 1 saturated carbocycles. The van der Waals surface area contributed by atoms with E-state index >= 15 is 0 Å². The first-order valence-corrected chi connectivity index (χ1v) is 12.5. The predicted molar refractivity (Wildman–Crippen MR) is 138 cm³/mol. The lowest BCUT2D eigenvalue weighted by molar-refractivity contribution is -0.166. The number of fused-ring (bicyclic) bond motifs is 1. The van der Waals surface area contributed by atoms with Crippen molar-refractivity contribution in [1.82, 2.24) is 14.6 Å². The molecular weight excluding hydrogens is 514 g/mol. The highest BCUT2D eigenvalue weighted by atomic mass is 79.9. The average Bonchev–Trinajstić information content (AvgIpc) is 3.12. The van der Waals surface area contributed by atoms with Gasteiger partial charge in [-0.3, -0.25) is 4.79 Å². The third kappa shape index (κ3) is 4.03. The van der Waals surface area contributed by atoms with Gasteiger partial charge in [0.05, 0.1) is 15.6 Å². The highest BCUT2D eigenvalue weighted by Crippen LogP contribution is 2.46. The van der Waals surface area contributed by atoms with E-state index in [0.717, 1.165) is 51.8 Å². The second kappa shape index (κ2) is 8.51. The standard InChI is InChI=1S/C27H25BrClN3O2/c1-26(2,3)34-25(33)27(14-7-15-27)19-12-10-17(11-13-19)22-23(18-8-5-4-6-9-18)32-24(30-22)20(28)16-21(29)31-32/h4-6,8-13,16H,7,14-15H2,1-3H3. The van der Waals surface area contributed by atoms with Gasteiger partial charge in [-0.25, -0.2) is 9.50 Å². The van der Waals surface area contributed by atoms with Gasteiger partial charge in [-0.2, -0.15) is 5.10 Å². The molecule has 0 radical (unpaired) electrons. The Balaban J connectivity index is 1.60. The largest absolute Gasteiger partial charge is 0.459 e. The first-order valence-electron chi connectivity index (χ1n) is 11.3. The van der Waals surface area contributed by atoms with E-state index in [9.17, 15) is 4.79 Å². The molecule has 5 rings (SSSR count). The molecule has 0 bridgehead atoms. The van der Waals surface area contributed by atoms with E-state index in [1.165, 1.54) is 0 Å². The smallest absolute Gasteiger partial charge is 0.317 e. The number of hydrogen-bond acceptors (Lipinski definition) is 4. The zero-order chi connectivity index (χ0) is 24.1. The molecular formula is C27H25BrClN3O2. The van der Waals surface area contributed by atoms with E-state index in [4.69, 9.17) is 21.3 Å². The van der Waals surface area contributed by atoms with Crippen molar-refractivity contribution < 1.29 is 9.53 Å². The van der Waals surface area contributed by atoms with Gasteiger partial charge in [-0.05, 0) is 61.2 Å². The summed E-state index contributed by atoms with van der Waals surface area (Å²) in [6.07, 6.45) is 2.63. The lowest BCUT2D eigenvalue weighted by Gasteiger charge is -2.41. The monoisotopic (exact) mass is 537 g/mol. The molecule has 2 heterocycles. The topological polar surface area (TPSA) is 56.5 Å². The van der Waals surface area contributed by atoms with Crippen molar-refractivity contribution in [2.45, 2.75) is 51.0 Å². The van der Waals surface area contributed by atoms with Crippen LogP contribution in [-0.2, 0) is 14.9 Å². The Morgan fingerprint density at radius 3 is 2.32 bits per heavy atom. The molecule has 0 atom stereocenters. The van der Waals surface area contributed by atoms with Crippen LogP contribution in [0.1, 0.15) is 45.6 Å². The maximum Gasteiger partial charge on any atom is 0.317 e. The molecule has 1 fully saturated rings. The first-order chi connectivity index (χ1) is 16.2. The molecule has 0 amide bonds. The fraction of sp³-hybridized carbons (Fsp3) is 0.296. The van der Waals surface area contributed by atoms with Crippen LogP contribution in [0.5, 0.6) is 0 Å². The highest BCUT2D eigenvalue weighted by molar-refractivity contribution is 9.10. The van der Waals surface area contributed by atoms with Crippen molar-refractivity contribution in [3.8, 4) is 22.5 Å². The van der Waals surface area contributed by atoms with Gasteiger partial charge < -0.3 is 4.74 Å². The Hall–Kier alpha value is -2.70. The van der Waals surface area contributed by atoms with Crippen LogP contribution in [0.25, 0.3) is 28.2 Å². The molecule has 0 aliphatic heterocycles. The van der Waals surface area contributed by atoms with Gasteiger partial charge in [0.2, 0.25) is 0 Å². The predicted octanol–water partition coefficient (Wildman–Crippen LogP) is 7.24. The maximum absolute atomic E-state index is 13.1. The van der Waals surface area contributed by atoms with Gasteiger partial charge in [0.25, 0.3) is 0 Å². The molecule has 174 valence electrons. The van der Waals surface area contributed by atoms with E-state index in [1.807, 2.05) is 75.4 Å². The second-order valence-corrected chi connectivity index (χ2v) is 11.0. The van der Waals surface area contributed by atoms with Crippen molar-refractivity contribution in [3.05, 3.63) is 75.9 Å². The number of hydrogen-bond donors (Lipinski definition) is 0. The van der Waals surface area contributed by atoms with Crippen molar-refractivity contribution in [2.75, 3.05) is 0 Å². The summed E-state index contributed by atoms with van der Waals surface area (Å²) in [7, 11) is 0. The van der Waals surface area contributed by atoms with Crippen LogP contribution in [0.15, 0.2) is 65.1 Å². The number of carbonyl (C=O) groups is 1. The van der Waals surface area contributed by atoms with Crippen LogP contribution in [0.2, 0.25) is 5.15 Å². The number of carbonyl (C=O) groups excluding carboxylic acids is 1. The third-order valence-corrected chi connectivity index (χ3v) is 7.03. The van der Waals surface area contributed by atoms with Gasteiger partial charge in [-0.1, -0.05) is 72.6 Å². The van der Waals surface area contributed by atoms with Gasteiger partial charge >= 0.3 is 5.97 Å². The quantitative estimate of drug-likeness (QED) is 0.257. The number of ether oxygens (including phenoxy) is 1. The summed E-state index contributed by atoms with van der Waals surface area (Å²) in [6.45, 7) is 5.73. The number of esters is 1. The van der Waals surface area contributed by atoms with Crippen LogP contribution < -0.4 is 0 Å². The maximum atomic E-state index is 13.1. The Morgan fingerprint density at radius 1 is 1.06 bits per heavy atom. The van der Waals surface area contributed by atoms with Crippen LogP contribution >= 0.6 is 27.5 Å². The van der Waals surface area contributed by atoms with E-state index < -0.39 is 11.0 Å². The Bertz CT molecular complexity index is 1370. The number of imidazole rings is 1. The Kier molecular flexibility index (Phi) is 5.77. The van der Waals surface area contributed by atoms with Gasteiger partial charge in [0.1, 0.15) is 11.3 Å². The zero-order valence-electron chi connectivity index (χ0n) is 19.3. The van der Waals surface area contributed by atoms with Gasteiger partial charge in [0, 0.05) is 11.1 Å². The molecule has 4 aromatic rings. The van der Waals surface area contributed by atoms with E-state index in [0.29, 0.717) is 10.8 Å². The number of halogens is 2. The molecule has 34 heavy (non-hydrogen) atoms. The number of nitrogens with zero attached hydrogens (tertiary/aromatic N) is 3. The van der Waals surface area contributed by atoms with E-state index in [-0.39, 0.29) is 5.97 Å². The minimum absolute atomic E-state index is 0.139. The van der Waals surface area contributed by atoms with Crippen molar-refractivity contribution in [1.29, 1.82) is 0 Å². The minimum Gasteiger partial charge on any atom is -0.459 e. The van der Waals surface area contributed by atoms with Crippen LogP contribution in [-0.4, -0.2) is 26.2 Å². The molecule has 0 N–H and O–H groups in total. The normalized spacial score (nSPS) is 15.2. The fourth-order valence-electron chi connectivity index (χ4n) is 4.48. The lowest BCUT2D eigenvalue weighted by atomic mass is 9.64. The second-order valence-electron chi connectivity index (χ2n) is 9.74. The summed E-state index contributed by atoms with van der Waals surface area (Å²) in [4.78, 5) is 18.0. The highest BCUT2D eigenvalue weighted by Gasteiger charge is 2.48.